The Hall–Kier alpha value is -3.52. The van der Waals surface area contributed by atoms with Crippen molar-refractivity contribution in [1.82, 2.24) is 0 Å². The number of carbonyl (C=O) groups is 2. The number of amides is 1. The molecule has 0 fully saturated rings. The summed E-state index contributed by atoms with van der Waals surface area (Å²) in [5.74, 6) is 0.182. The largest absolute Gasteiger partial charge is 0.493 e. The van der Waals surface area contributed by atoms with Crippen molar-refractivity contribution in [2.24, 2.45) is 0 Å². The van der Waals surface area contributed by atoms with Crippen LogP contribution < -0.4 is 19.5 Å². The van der Waals surface area contributed by atoms with E-state index in [1.165, 1.54) is 32.7 Å². The zero-order chi connectivity index (χ0) is 24.1. The average Bonchev–Trinajstić information content (AvgIpc) is 3.23. The van der Waals surface area contributed by atoms with Crippen LogP contribution in [-0.4, -0.2) is 39.8 Å². The minimum Gasteiger partial charge on any atom is -0.493 e. The molecule has 1 N–H and O–H groups in total. The Balaban J connectivity index is 2.03. The number of rotatable bonds is 8. The zero-order valence-electron chi connectivity index (χ0n) is 19.5. The second kappa shape index (κ2) is 10.4. The molecule has 1 amide bonds. The first kappa shape index (κ1) is 24.1. The molecule has 0 aliphatic heterocycles. The second-order valence-corrected chi connectivity index (χ2v) is 8.12. The number of hydrogen-bond acceptors (Lipinski definition) is 7. The quantitative estimate of drug-likeness (QED) is 0.440. The summed E-state index contributed by atoms with van der Waals surface area (Å²) in [5.41, 5.74) is 4.47. The highest BCUT2D eigenvalue weighted by molar-refractivity contribution is 7.15. The molecule has 1 heterocycles. The van der Waals surface area contributed by atoms with E-state index in [9.17, 15) is 9.59 Å². The van der Waals surface area contributed by atoms with Crippen LogP contribution in [0, 0.1) is 13.8 Å². The maximum atomic E-state index is 13.1. The molecule has 0 saturated carbocycles. The van der Waals surface area contributed by atoms with Gasteiger partial charge in [0.05, 0.1) is 27.9 Å². The fraction of sp³-hybridized carbons (Fsp3) is 0.280. The van der Waals surface area contributed by atoms with Gasteiger partial charge in [0.25, 0.3) is 5.91 Å². The van der Waals surface area contributed by atoms with Gasteiger partial charge in [-0.2, -0.15) is 0 Å². The predicted octanol–water partition coefficient (Wildman–Crippen LogP) is 5.49. The van der Waals surface area contributed by atoms with Crippen molar-refractivity contribution >= 4 is 28.2 Å². The van der Waals surface area contributed by atoms with Crippen molar-refractivity contribution < 1.29 is 28.5 Å². The van der Waals surface area contributed by atoms with E-state index in [-0.39, 0.29) is 6.61 Å². The molecule has 3 rings (SSSR count). The third-order valence-corrected chi connectivity index (χ3v) is 6.14. The summed E-state index contributed by atoms with van der Waals surface area (Å²) in [6.45, 7) is 6.01. The number of anilines is 1. The second-order valence-electron chi connectivity index (χ2n) is 7.24. The number of thiophene rings is 1. The lowest BCUT2D eigenvalue weighted by atomic mass is 9.99. The van der Waals surface area contributed by atoms with Crippen LogP contribution >= 0.6 is 11.3 Å². The van der Waals surface area contributed by atoms with E-state index in [1.807, 2.05) is 37.4 Å². The fourth-order valence-corrected chi connectivity index (χ4v) is 4.32. The van der Waals surface area contributed by atoms with Crippen LogP contribution in [0.5, 0.6) is 17.2 Å². The standard InChI is InChI=1S/C25H27NO6S/c1-7-32-25(28)21-18(16-9-8-14(2)15(3)10-16)13-33-24(21)26-23(27)17-11-19(29-4)22(31-6)20(12-17)30-5/h8-13H,7H2,1-6H3,(H,26,27). The van der Waals surface area contributed by atoms with Gasteiger partial charge in [-0.05, 0) is 49.6 Å². The molecule has 0 radical (unpaired) electrons. The molecule has 7 nitrogen and oxygen atoms in total. The first-order valence-corrected chi connectivity index (χ1v) is 11.2. The van der Waals surface area contributed by atoms with Gasteiger partial charge in [0.15, 0.2) is 11.5 Å². The first-order valence-electron chi connectivity index (χ1n) is 10.3. The molecular weight excluding hydrogens is 442 g/mol. The van der Waals surface area contributed by atoms with Gasteiger partial charge in [0, 0.05) is 16.5 Å². The molecule has 174 valence electrons. The smallest absolute Gasteiger partial charge is 0.341 e. The van der Waals surface area contributed by atoms with Crippen LogP contribution in [0.1, 0.15) is 38.8 Å². The van der Waals surface area contributed by atoms with Crippen LogP contribution in [0.15, 0.2) is 35.7 Å². The van der Waals surface area contributed by atoms with Crippen molar-refractivity contribution in [3.63, 3.8) is 0 Å². The highest BCUT2D eigenvalue weighted by atomic mass is 32.1. The van der Waals surface area contributed by atoms with Gasteiger partial charge in [0.1, 0.15) is 10.6 Å². The molecular formula is C25H27NO6S. The summed E-state index contributed by atoms with van der Waals surface area (Å²) in [6, 6.07) is 9.09. The monoisotopic (exact) mass is 469 g/mol. The highest BCUT2D eigenvalue weighted by Gasteiger charge is 2.24. The van der Waals surface area contributed by atoms with E-state index in [0.717, 1.165) is 16.7 Å². The first-order chi connectivity index (χ1) is 15.8. The van der Waals surface area contributed by atoms with Crippen molar-refractivity contribution in [2.45, 2.75) is 20.8 Å². The summed E-state index contributed by atoms with van der Waals surface area (Å²) in [5, 5.41) is 5.10. The maximum absolute atomic E-state index is 13.1. The number of esters is 1. The molecule has 0 spiro atoms. The number of carbonyl (C=O) groups excluding carboxylic acids is 2. The summed E-state index contributed by atoms with van der Waals surface area (Å²) in [4.78, 5) is 26.0. The van der Waals surface area contributed by atoms with E-state index in [1.54, 1.807) is 19.1 Å². The predicted molar refractivity (Wildman–Crippen MR) is 129 cm³/mol. The molecule has 0 atom stereocenters. The van der Waals surface area contributed by atoms with Crippen LogP contribution in [0.25, 0.3) is 11.1 Å². The Labute approximate surface area is 197 Å². The number of methoxy groups -OCH3 is 3. The Morgan fingerprint density at radius 2 is 1.61 bits per heavy atom. The van der Waals surface area contributed by atoms with Crippen LogP contribution in [0.4, 0.5) is 5.00 Å². The molecule has 8 heteroatoms. The Morgan fingerprint density at radius 1 is 0.939 bits per heavy atom. The molecule has 0 unspecified atom stereocenters. The van der Waals surface area contributed by atoms with E-state index in [2.05, 4.69) is 5.32 Å². The molecule has 2 aromatic carbocycles. The summed E-state index contributed by atoms with van der Waals surface area (Å²) < 4.78 is 21.3. The van der Waals surface area contributed by atoms with Gasteiger partial charge in [-0.15, -0.1) is 11.3 Å². The molecule has 0 saturated heterocycles. The summed E-state index contributed by atoms with van der Waals surface area (Å²) in [7, 11) is 4.45. The Bertz CT molecular complexity index is 1160. The number of hydrogen-bond donors (Lipinski definition) is 1. The van der Waals surface area contributed by atoms with E-state index < -0.39 is 11.9 Å². The molecule has 3 aromatic rings. The van der Waals surface area contributed by atoms with E-state index >= 15 is 0 Å². The SMILES string of the molecule is CCOC(=O)c1c(-c2ccc(C)c(C)c2)csc1NC(=O)c1cc(OC)c(OC)c(OC)c1. The van der Waals surface area contributed by atoms with Crippen molar-refractivity contribution in [3.05, 3.63) is 58.0 Å². The van der Waals surface area contributed by atoms with Crippen molar-refractivity contribution in [2.75, 3.05) is 33.3 Å². The maximum Gasteiger partial charge on any atom is 0.341 e. The summed E-state index contributed by atoms with van der Waals surface area (Å²) in [6.07, 6.45) is 0. The number of benzene rings is 2. The Kier molecular flexibility index (Phi) is 7.60. The number of nitrogens with one attached hydrogen (secondary N) is 1. The van der Waals surface area contributed by atoms with Gasteiger partial charge in [-0.25, -0.2) is 4.79 Å². The molecule has 0 bridgehead atoms. The van der Waals surface area contributed by atoms with Crippen molar-refractivity contribution in [3.8, 4) is 28.4 Å². The number of ether oxygens (including phenoxy) is 4. The van der Waals surface area contributed by atoms with Crippen LogP contribution in [0.3, 0.4) is 0 Å². The minimum absolute atomic E-state index is 0.224. The lowest BCUT2D eigenvalue weighted by Crippen LogP contribution is -2.15. The van der Waals surface area contributed by atoms with Crippen molar-refractivity contribution in [1.29, 1.82) is 0 Å². The normalized spacial score (nSPS) is 10.5. The van der Waals surface area contributed by atoms with Crippen LogP contribution in [-0.2, 0) is 4.74 Å². The zero-order valence-corrected chi connectivity index (χ0v) is 20.3. The minimum atomic E-state index is -0.493. The number of aryl methyl sites for hydroxylation is 2. The average molecular weight is 470 g/mol. The van der Waals surface area contributed by atoms with Gasteiger partial charge in [0.2, 0.25) is 5.75 Å². The van der Waals surface area contributed by atoms with Gasteiger partial charge in [-0.1, -0.05) is 18.2 Å². The lowest BCUT2D eigenvalue weighted by Gasteiger charge is -2.14. The van der Waals surface area contributed by atoms with E-state index in [0.29, 0.717) is 38.9 Å². The summed E-state index contributed by atoms with van der Waals surface area (Å²) >= 11 is 1.27. The van der Waals surface area contributed by atoms with Gasteiger partial charge < -0.3 is 24.3 Å². The third kappa shape index (κ3) is 4.96. The highest BCUT2D eigenvalue weighted by Crippen LogP contribution is 2.40. The molecule has 0 aliphatic carbocycles. The van der Waals surface area contributed by atoms with Gasteiger partial charge in [-0.3, -0.25) is 4.79 Å². The van der Waals surface area contributed by atoms with Crippen LogP contribution in [0.2, 0.25) is 0 Å². The molecule has 1 aromatic heterocycles. The lowest BCUT2D eigenvalue weighted by molar-refractivity contribution is 0.0529. The fourth-order valence-electron chi connectivity index (χ4n) is 3.36. The van der Waals surface area contributed by atoms with Gasteiger partial charge >= 0.3 is 5.97 Å². The topological polar surface area (TPSA) is 83.1 Å². The van der Waals surface area contributed by atoms with E-state index in [4.69, 9.17) is 18.9 Å². The third-order valence-electron chi connectivity index (χ3n) is 5.24. The molecule has 33 heavy (non-hydrogen) atoms. The Morgan fingerprint density at radius 3 is 2.15 bits per heavy atom. The molecule has 0 aliphatic rings.